The van der Waals surface area contributed by atoms with Gasteiger partial charge in [-0.15, -0.1) is 0 Å². The number of nitrogens with one attached hydrogen (secondary N) is 1. The van der Waals surface area contributed by atoms with Crippen molar-refractivity contribution in [3.05, 3.63) is 26.6 Å². The smallest absolute Gasteiger partial charge is 0.259 e. The molecular weight excluding hydrogens is 400 g/mol. The summed E-state index contributed by atoms with van der Waals surface area (Å²) in [7, 11) is 3.42. The molecule has 0 saturated heterocycles. The van der Waals surface area contributed by atoms with E-state index in [2.05, 4.69) is 51.0 Å². The predicted octanol–water partition coefficient (Wildman–Crippen LogP) is 3.42. The Balaban J connectivity index is 2.69. The fourth-order valence-corrected chi connectivity index (χ4v) is 3.13. The summed E-state index contributed by atoms with van der Waals surface area (Å²) in [4.78, 5) is 13.1. The Labute approximate surface area is 143 Å². The molecule has 0 heterocycles. The Kier molecular flexibility index (Phi) is 7.70. The zero-order chi connectivity index (χ0) is 16.0. The van der Waals surface area contributed by atoms with Crippen molar-refractivity contribution in [2.75, 3.05) is 27.2 Å². The highest BCUT2D eigenvalue weighted by Crippen LogP contribution is 2.34. The molecule has 4 nitrogen and oxygen atoms in total. The van der Waals surface area contributed by atoms with Gasteiger partial charge >= 0.3 is 0 Å². The van der Waals surface area contributed by atoms with Crippen LogP contribution in [0.3, 0.4) is 0 Å². The predicted molar refractivity (Wildman–Crippen MR) is 92.6 cm³/mol. The maximum Gasteiger partial charge on any atom is 0.259 e. The molecule has 1 rings (SSSR count). The molecule has 0 aromatic heterocycles. The molecule has 6 heteroatoms. The van der Waals surface area contributed by atoms with Gasteiger partial charge in [-0.05, 0) is 62.0 Å². The second-order valence-corrected chi connectivity index (χ2v) is 7.20. The number of benzene rings is 1. The summed E-state index contributed by atoms with van der Waals surface area (Å²) in [6.07, 6.45) is 0. The second kappa shape index (κ2) is 8.76. The number of hydrogen-bond donors (Lipinski definition) is 1. The molecule has 0 saturated carbocycles. The maximum atomic E-state index is 11.6. The van der Waals surface area contributed by atoms with E-state index in [1.807, 2.05) is 12.1 Å². The largest absolute Gasteiger partial charge is 0.481 e. The average Bonchev–Trinajstić information content (AvgIpc) is 2.36. The Hall–Kier alpha value is -0.590. The monoisotopic (exact) mass is 420 g/mol. The lowest BCUT2D eigenvalue weighted by Crippen LogP contribution is -2.27. The first-order valence-electron chi connectivity index (χ1n) is 6.82. The van der Waals surface area contributed by atoms with Gasteiger partial charge in [0.1, 0.15) is 5.75 Å². The van der Waals surface area contributed by atoms with E-state index < -0.39 is 0 Å². The number of hydrogen-bond acceptors (Lipinski definition) is 3. The number of amides is 1. The van der Waals surface area contributed by atoms with E-state index in [0.29, 0.717) is 11.7 Å². The van der Waals surface area contributed by atoms with E-state index in [9.17, 15) is 4.79 Å². The van der Waals surface area contributed by atoms with Crippen LogP contribution < -0.4 is 10.1 Å². The van der Waals surface area contributed by atoms with E-state index in [1.54, 1.807) is 14.1 Å². The molecule has 1 aromatic rings. The number of carbonyl (C=O) groups is 1. The van der Waals surface area contributed by atoms with Crippen LogP contribution in [0, 0.1) is 5.92 Å². The molecule has 0 aliphatic carbocycles. The van der Waals surface area contributed by atoms with Gasteiger partial charge in [0.2, 0.25) is 0 Å². The van der Waals surface area contributed by atoms with Crippen molar-refractivity contribution in [1.29, 1.82) is 0 Å². The van der Waals surface area contributed by atoms with Crippen LogP contribution in [0.1, 0.15) is 19.4 Å². The summed E-state index contributed by atoms with van der Waals surface area (Å²) in [5, 5.41) is 3.40. The van der Waals surface area contributed by atoms with Crippen molar-refractivity contribution in [3.8, 4) is 5.75 Å². The third-order valence-electron chi connectivity index (χ3n) is 2.78. The number of nitrogens with zero attached hydrogens (tertiary/aromatic N) is 1. The molecule has 1 N–H and O–H groups in total. The molecule has 0 spiro atoms. The second-order valence-electron chi connectivity index (χ2n) is 5.49. The first-order chi connectivity index (χ1) is 9.81. The fraction of sp³-hybridized carbons (Fsp3) is 0.533. The van der Waals surface area contributed by atoms with Crippen molar-refractivity contribution >= 4 is 37.8 Å². The number of halogens is 2. The lowest BCUT2D eigenvalue weighted by atomic mass is 10.2. The van der Waals surface area contributed by atoms with Crippen LogP contribution in [0.2, 0.25) is 0 Å². The van der Waals surface area contributed by atoms with Crippen molar-refractivity contribution in [3.63, 3.8) is 0 Å². The summed E-state index contributed by atoms with van der Waals surface area (Å²) in [5.41, 5.74) is 1.15. The van der Waals surface area contributed by atoms with E-state index in [-0.39, 0.29) is 12.5 Å². The lowest BCUT2D eigenvalue weighted by Gasteiger charge is -2.15. The average molecular weight is 422 g/mol. The van der Waals surface area contributed by atoms with Gasteiger partial charge in [0.05, 0.1) is 8.95 Å². The molecule has 1 amide bonds. The number of rotatable bonds is 7. The van der Waals surface area contributed by atoms with Crippen LogP contribution in [-0.2, 0) is 11.3 Å². The number of ether oxygens (including phenoxy) is 1. The van der Waals surface area contributed by atoms with Crippen LogP contribution in [0.15, 0.2) is 21.1 Å². The molecule has 0 aliphatic heterocycles. The van der Waals surface area contributed by atoms with Crippen molar-refractivity contribution < 1.29 is 9.53 Å². The molecule has 0 fully saturated rings. The van der Waals surface area contributed by atoms with Crippen molar-refractivity contribution in [2.45, 2.75) is 20.4 Å². The minimum atomic E-state index is -0.0727. The van der Waals surface area contributed by atoms with Crippen LogP contribution in [-0.4, -0.2) is 38.1 Å². The minimum Gasteiger partial charge on any atom is -0.481 e. The van der Waals surface area contributed by atoms with Crippen molar-refractivity contribution in [1.82, 2.24) is 10.2 Å². The van der Waals surface area contributed by atoms with Crippen LogP contribution >= 0.6 is 31.9 Å². The Bertz CT molecular complexity index is 468. The van der Waals surface area contributed by atoms with Crippen LogP contribution in [0.5, 0.6) is 5.75 Å². The van der Waals surface area contributed by atoms with Gasteiger partial charge in [0.15, 0.2) is 6.61 Å². The third-order valence-corrected chi connectivity index (χ3v) is 3.96. The summed E-state index contributed by atoms with van der Waals surface area (Å²) >= 11 is 7.00. The van der Waals surface area contributed by atoms with E-state index in [0.717, 1.165) is 27.6 Å². The Morgan fingerprint density at radius 2 is 1.86 bits per heavy atom. The van der Waals surface area contributed by atoms with Gasteiger partial charge in [-0.3, -0.25) is 4.79 Å². The normalized spacial score (nSPS) is 10.8. The molecule has 0 bridgehead atoms. The summed E-state index contributed by atoms with van der Waals surface area (Å²) in [5.74, 6) is 1.20. The van der Waals surface area contributed by atoms with E-state index in [1.165, 1.54) is 4.90 Å². The Morgan fingerprint density at radius 1 is 1.29 bits per heavy atom. The molecule has 118 valence electrons. The summed E-state index contributed by atoms with van der Waals surface area (Å²) in [6.45, 7) is 6.15. The molecule has 1 aromatic carbocycles. The molecule has 0 unspecified atom stereocenters. The highest BCUT2D eigenvalue weighted by molar-refractivity contribution is 9.11. The quantitative estimate of drug-likeness (QED) is 0.733. The standard InChI is InChI=1S/C15H22Br2N2O2/c1-10(2)7-18-8-11-5-12(16)15(13(17)6-11)21-9-14(20)19(3)4/h5-6,10,18H,7-9H2,1-4H3. The first-order valence-corrected chi connectivity index (χ1v) is 8.41. The molecule has 0 aliphatic rings. The van der Waals surface area contributed by atoms with Gasteiger partial charge in [0, 0.05) is 20.6 Å². The third kappa shape index (κ3) is 6.36. The maximum absolute atomic E-state index is 11.6. The number of likely N-dealkylation sites (N-methyl/N-ethyl adjacent to an activating group) is 1. The lowest BCUT2D eigenvalue weighted by molar-refractivity contribution is -0.130. The SMILES string of the molecule is CC(C)CNCc1cc(Br)c(OCC(=O)N(C)C)c(Br)c1. The van der Waals surface area contributed by atoms with E-state index >= 15 is 0 Å². The molecule has 0 atom stereocenters. The summed E-state index contributed by atoms with van der Waals surface area (Å²) < 4.78 is 7.26. The highest BCUT2D eigenvalue weighted by atomic mass is 79.9. The summed E-state index contributed by atoms with van der Waals surface area (Å²) in [6, 6.07) is 4.01. The van der Waals surface area contributed by atoms with Crippen LogP contribution in [0.4, 0.5) is 0 Å². The van der Waals surface area contributed by atoms with Gasteiger partial charge < -0.3 is 15.0 Å². The zero-order valence-corrected chi connectivity index (χ0v) is 16.0. The van der Waals surface area contributed by atoms with Gasteiger partial charge in [-0.2, -0.15) is 0 Å². The molecular formula is C15H22Br2N2O2. The fourth-order valence-electron chi connectivity index (χ4n) is 1.62. The highest BCUT2D eigenvalue weighted by Gasteiger charge is 2.12. The van der Waals surface area contributed by atoms with Crippen LogP contribution in [0.25, 0.3) is 0 Å². The molecule has 21 heavy (non-hydrogen) atoms. The first kappa shape index (κ1) is 18.5. The topological polar surface area (TPSA) is 41.6 Å². The van der Waals surface area contributed by atoms with Crippen molar-refractivity contribution in [2.24, 2.45) is 5.92 Å². The Morgan fingerprint density at radius 3 is 2.33 bits per heavy atom. The minimum absolute atomic E-state index is 0.0230. The van der Waals surface area contributed by atoms with Gasteiger partial charge in [0.25, 0.3) is 5.91 Å². The number of carbonyl (C=O) groups excluding carboxylic acids is 1. The van der Waals surface area contributed by atoms with Gasteiger partial charge in [-0.25, -0.2) is 0 Å². The molecule has 0 radical (unpaired) electrons. The van der Waals surface area contributed by atoms with Gasteiger partial charge in [-0.1, -0.05) is 13.8 Å². The zero-order valence-electron chi connectivity index (χ0n) is 12.9. The van der Waals surface area contributed by atoms with E-state index in [4.69, 9.17) is 4.74 Å².